The summed E-state index contributed by atoms with van der Waals surface area (Å²) in [6.45, 7) is 13.2. The number of rotatable bonds is 10. The van der Waals surface area contributed by atoms with Crippen molar-refractivity contribution in [1.29, 1.82) is 0 Å². The number of carbonyl (C=O) groups excluding carboxylic acids is 3. The molecule has 0 saturated carbocycles. The van der Waals surface area contributed by atoms with Crippen LogP contribution in [0.15, 0.2) is 36.4 Å². The van der Waals surface area contributed by atoms with Crippen LogP contribution in [0.4, 0.5) is 11.4 Å². The Morgan fingerprint density at radius 2 is 1.86 bits per heavy atom. The Kier molecular flexibility index (Phi) is 10.1. The molecule has 0 radical (unpaired) electrons. The third kappa shape index (κ3) is 8.81. The van der Waals surface area contributed by atoms with Crippen LogP contribution >= 0.6 is 22.9 Å². The zero-order chi connectivity index (χ0) is 27.2. The molecular formula is C27H37ClN4O4S. The lowest BCUT2D eigenvalue weighted by molar-refractivity contribution is -0.125. The van der Waals surface area contributed by atoms with Gasteiger partial charge in [0, 0.05) is 37.6 Å². The normalized spacial score (nSPS) is 15.2. The Morgan fingerprint density at radius 1 is 1.16 bits per heavy atom. The number of halogens is 1. The number of hydrogen-bond acceptors (Lipinski definition) is 6. The summed E-state index contributed by atoms with van der Waals surface area (Å²) >= 11 is 7.20. The fourth-order valence-electron chi connectivity index (χ4n) is 4.22. The van der Waals surface area contributed by atoms with Crippen LogP contribution in [0.2, 0.25) is 4.34 Å². The second kappa shape index (κ2) is 12.9. The first-order valence-corrected chi connectivity index (χ1v) is 13.7. The van der Waals surface area contributed by atoms with Gasteiger partial charge in [0.1, 0.15) is 12.6 Å². The first kappa shape index (κ1) is 29.1. The maximum Gasteiger partial charge on any atom is 0.261 e. The first-order valence-electron chi connectivity index (χ1n) is 12.5. The number of amides is 3. The van der Waals surface area contributed by atoms with E-state index in [1.165, 1.54) is 11.3 Å². The topological polar surface area (TPSA) is 91.0 Å². The van der Waals surface area contributed by atoms with Crippen LogP contribution in [0.25, 0.3) is 0 Å². The van der Waals surface area contributed by atoms with E-state index in [1.807, 2.05) is 12.1 Å². The molecule has 3 amide bonds. The summed E-state index contributed by atoms with van der Waals surface area (Å²) in [7, 11) is 0. The molecule has 0 unspecified atom stereocenters. The van der Waals surface area contributed by atoms with Crippen LogP contribution in [0.1, 0.15) is 44.3 Å². The highest BCUT2D eigenvalue weighted by Crippen LogP contribution is 2.23. The van der Waals surface area contributed by atoms with E-state index in [2.05, 4.69) is 50.2 Å². The maximum atomic E-state index is 13.6. The van der Waals surface area contributed by atoms with Crippen molar-refractivity contribution in [3.63, 3.8) is 0 Å². The lowest BCUT2D eigenvalue weighted by Crippen LogP contribution is -2.53. The Morgan fingerprint density at radius 3 is 2.43 bits per heavy atom. The molecule has 2 N–H and O–H groups in total. The summed E-state index contributed by atoms with van der Waals surface area (Å²) in [5.41, 5.74) is 1.33. The molecule has 0 bridgehead atoms. The molecule has 10 heteroatoms. The molecule has 0 spiro atoms. The van der Waals surface area contributed by atoms with Gasteiger partial charge in [0.05, 0.1) is 15.8 Å². The van der Waals surface area contributed by atoms with Gasteiger partial charge >= 0.3 is 0 Å². The van der Waals surface area contributed by atoms with Crippen LogP contribution in [0, 0.1) is 11.3 Å². The molecule has 1 aromatic heterocycles. The maximum absolute atomic E-state index is 13.6. The smallest absolute Gasteiger partial charge is 0.261 e. The highest BCUT2D eigenvalue weighted by Gasteiger charge is 2.30. The predicted octanol–water partition coefficient (Wildman–Crippen LogP) is 4.51. The summed E-state index contributed by atoms with van der Waals surface area (Å²) in [4.78, 5) is 42.8. The highest BCUT2D eigenvalue weighted by atomic mass is 35.5. The molecule has 2 heterocycles. The second-order valence-corrected chi connectivity index (χ2v) is 12.6. The molecule has 3 rings (SSSR count). The van der Waals surface area contributed by atoms with Gasteiger partial charge in [-0.2, -0.15) is 0 Å². The minimum Gasteiger partial charge on any atom is -0.370 e. The van der Waals surface area contributed by atoms with Crippen LogP contribution in [-0.2, 0) is 14.3 Å². The minimum atomic E-state index is -0.582. The van der Waals surface area contributed by atoms with E-state index in [0.29, 0.717) is 47.1 Å². The molecular weight excluding hydrogens is 512 g/mol. The van der Waals surface area contributed by atoms with Crippen molar-refractivity contribution in [2.45, 2.75) is 40.7 Å². The average molecular weight is 549 g/mol. The van der Waals surface area contributed by atoms with Crippen molar-refractivity contribution in [3.8, 4) is 0 Å². The highest BCUT2D eigenvalue weighted by molar-refractivity contribution is 7.18. The molecule has 8 nitrogen and oxygen atoms in total. The number of anilines is 2. The summed E-state index contributed by atoms with van der Waals surface area (Å²) in [6, 6.07) is 9.99. The molecule has 1 aromatic carbocycles. The number of carbonyl (C=O) groups is 3. The lowest BCUT2D eigenvalue weighted by atomic mass is 9.94. The molecule has 1 fully saturated rings. The quantitative estimate of drug-likeness (QED) is 0.456. The van der Waals surface area contributed by atoms with Gasteiger partial charge in [-0.1, -0.05) is 46.2 Å². The first-order chi connectivity index (χ1) is 17.4. The SMILES string of the molecule is CC(C)CN(CC(C)(C)C)[C@@H](CNC(=O)c1ccc(Cl)s1)C(=O)Nc1ccc(N2CCOCC2=O)cc1. The number of morpholine rings is 1. The van der Waals surface area contributed by atoms with E-state index < -0.39 is 6.04 Å². The van der Waals surface area contributed by atoms with Gasteiger partial charge in [-0.3, -0.25) is 19.3 Å². The summed E-state index contributed by atoms with van der Waals surface area (Å²) in [6.07, 6.45) is 0. The van der Waals surface area contributed by atoms with Gasteiger partial charge in [0.2, 0.25) is 5.91 Å². The molecule has 1 atom stereocenters. The molecule has 1 aliphatic rings. The monoisotopic (exact) mass is 548 g/mol. The second-order valence-electron chi connectivity index (χ2n) is 10.8. The standard InChI is InChI=1S/C27H37ClN4O4S/c1-18(2)15-31(17-27(3,4)5)21(14-29-26(35)22-10-11-23(28)37-22)25(34)30-19-6-8-20(9-7-19)32-12-13-36-16-24(32)33/h6-11,18,21H,12-17H2,1-5H3,(H,29,35)(H,30,34)/t21-/m0/s1. The van der Waals surface area contributed by atoms with E-state index >= 15 is 0 Å². The lowest BCUT2D eigenvalue weighted by Gasteiger charge is -2.36. The van der Waals surface area contributed by atoms with Gasteiger partial charge in [-0.25, -0.2) is 0 Å². The fourth-order valence-corrected chi connectivity index (χ4v) is 5.18. The number of hydrogen-bond donors (Lipinski definition) is 2. The Balaban J connectivity index is 1.77. The van der Waals surface area contributed by atoms with E-state index in [0.717, 1.165) is 5.69 Å². The van der Waals surface area contributed by atoms with E-state index in [1.54, 1.807) is 29.2 Å². The van der Waals surface area contributed by atoms with Crippen molar-refractivity contribution < 1.29 is 19.1 Å². The molecule has 202 valence electrons. The largest absolute Gasteiger partial charge is 0.370 e. The van der Waals surface area contributed by atoms with Gasteiger partial charge in [0.15, 0.2) is 0 Å². The number of nitrogens with zero attached hydrogens (tertiary/aromatic N) is 2. The van der Waals surface area contributed by atoms with Crippen molar-refractivity contribution >= 4 is 52.0 Å². The molecule has 2 aromatic rings. The predicted molar refractivity (Wildman–Crippen MR) is 150 cm³/mol. The van der Waals surface area contributed by atoms with Crippen molar-refractivity contribution in [2.24, 2.45) is 11.3 Å². The van der Waals surface area contributed by atoms with Crippen LogP contribution < -0.4 is 15.5 Å². The number of ether oxygens (including phenoxy) is 1. The molecule has 1 aliphatic heterocycles. The third-order valence-electron chi connectivity index (χ3n) is 5.71. The van der Waals surface area contributed by atoms with Crippen LogP contribution in [0.3, 0.4) is 0 Å². The van der Waals surface area contributed by atoms with Crippen LogP contribution in [-0.4, -0.2) is 68.1 Å². The third-order valence-corrected chi connectivity index (χ3v) is 6.94. The Bertz CT molecular complexity index is 1080. The van der Waals surface area contributed by atoms with E-state index in [-0.39, 0.29) is 36.3 Å². The minimum absolute atomic E-state index is 0.0505. The van der Waals surface area contributed by atoms with E-state index in [9.17, 15) is 14.4 Å². The van der Waals surface area contributed by atoms with Gasteiger partial charge < -0.3 is 20.3 Å². The van der Waals surface area contributed by atoms with Crippen molar-refractivity contribution in [3.05, 3.63) is 45.6 Å². The zero-order valence-corrected chi connectivity index (χ0v) is 23.7. The summed E-state index contributed by atoms with van der Waals surface area (Å²) < 4.78 is 5.74. The number of benzene rings is 1. The molecule has 37 heavy (non-hydrogen) atoms. The fraction of sp³-hybridized carbons (Fsp3) is 0.519. The molecule has 0 aliphatic carbocycles. The molecule has 1 saturated heterocycles. The zero-order valence-electron chi connectivity index (χ0n) is 22.2. The van der Waals surface area contributed by atoms with Gasteiger partial charge in [-0.05, 0) is 47.7 Å². The Labute approximate surface area is 228 Å². The number of thiophene rings is 1. The van der Waals surface area contributed by atoms with Crippen molar-refractivity contribution in [2.75, 3.05) is 49.6 Å². The number of nitrogens with one attached hydrogen (secondary N) is 2. The summed E-state index contributed by atoms with van der Waals surface area (Å²) in [5.74, 6) is -0.216. The van der Waals surface area contributed by atoms with Gasteiger partial charge in [0.25, 0.3) is 11.8 Å². The van der Waals surface area contributed by atoms with Crippen LogP contribution in [0.5, 0.6) is 0 Å². The van der Waals surface area contributed by atoms with Gasteiger partial charge in [-0.15, -0.1) is 11.3 Å². The van der Waals surface area contributed by atoms with Crippen molar-refractivity contribution in [1.82, 2.24) is 10.2 Å². The Hall–Kier alpha value is -2.46. The van der Waals surface area contributed by atoms with E-state index in [4.69, 9.17) is 16.3 Å². The average Bonchev–Trinajstić information content (AvgIpc) is 3.25. The summed E-state index contributed by atoms with van der Waals surface area (Å²) in [5, 5.41) is 5.94.